The Labute approximate surface area is 108 Å². The molecule has 0 amide bonds. The van der Waals surface area contributed by atoms with Crippen molar-refractivity contribution in [3.63, 3.8) is 0 Å². The van der Waals surface area contributed by atoms with E-state index in [1.54, 1.807) is 0 Å². The van der Waals surface area contributed by atoms with Crippen LogP contribution >= 0.6 is 0 Å². The zero-order chi connectivity index (χ0) is 12.8. The van der Waals surface area contributed by atoms with E-state index in [0.29, 0.717) is 0 Å². The van der Waals surface area contributed by atoms with Crippen LogP contribution in [0.5, 0.6) is 0 Å². The average molecular weight is 241 g/mol. The van der Waals surface area contributed by atoms with Gasteiger partial charge in [0.2, 0.25) is 0 Å². The van der Waals surface area contributed by atoms with Crippen LogP contribution in [-0.2, 0) is 6.42 Å². The molecule has 0 spiro atoms. The van der Waals surface area contributed by atoms with E-state index >= 15 is 0 Å². The van der Waals surface area contributed by atoms with Gasteiger partial charge in [0.1, 0.15) is 11.6 Å². The molecule has 1 aromatic heterocycles. The molecular formula is C15H19N3. The number of rotatable bonds is 5. The highest BCUT2D eigenvalue weighted by Gasteiger charge is 2.00. The fraction of sp³-hybridized carbons (Fsp3) is 0.333. The van der Waals surface area contributed by atoms with Gasteiger partial charge in [-0.3, -0.25) is 0 Å². The smallest absolute Gasteiger partial charge is 0.135 e. The predicted octanol–water partition coefficient (Wildman–Crippen LogP) is 3.20. The van der Waals surface area contributed by atoms with Gasteiger partial charge in [0.05, 0.1) is 0 Å². The van der Waals surface area contributed by atoms with Crippen molar-refractivity contribution in [2.24, 2.45) is 0 Å². The average Bonchev–Trinajstić information content (AvgIpc) is 2.40. The number of hydrogen-bond donors (Lipinski definition) is 1. The Hall–Kier alpha value is -1.90. The maximum absolute atomic E-state index is 4.51. The summed E-state index contributed by atoms with van der Waals surface area (Å²) in [6.07, 6.45) is 3.69. The summed E-state index contributed by atoms with van der Waals surface area (Å²) in [7, 11) is 0. The molecule has 0 bridgehead atoms. The molecule has 3 nitrogen and oxygen atoms in total. The lowest BCUT2D eigenvalue weighted by Gasteiger charge is -2.06. The Kier molecular flexibility index (Phi) is 4.29. The minimum atomic E-state index is 0.780. The summed E-state index contributed by atoms with van der Waals surface area (Å²) < 4.78 is 0. The SMILES string of the molecule is CCCNc1ccnc(Cc2ccc(C)cc2)n1. The summed E-state index contributed by atoms with van der Waals surface area (Å²) in [5.74, 6) is 1.77. The maximum atomic E-state index is 4.51. The number of aromatic nitrogens is 2. The van der Waals surface area contributed by atoms with Crippen LogP contribution in [0.1, 0.15) is 30.3 Å². The van der Waals surface area contributed by atoms with Crippen molar-refractivity contribution in [3.8, 4) is 0 Å². The van der Waals surface area contributed by atoms with Gasteiger partial charge in [0.25, 0.3) is 0 Å². The van der Waals surface area contributed by atoms with Crippen molar-refractivity contribution in [2.45, 2.75) is 26.7 Å². The molecule has 18 heavy (non-hydrogen) atoms. The molecule has 1 aromatic carbocycles. The molecule has 94 valence electrons. The number of aryl methyl sites for hydroxylation is 1. The minimum absolute atomic E-state index is 0.780. The summed E-state index contributed by atoms with van der Waals surface area (Å²) in [4.78, 5) is 8.82. The zero-order valence-electron chi connectivity index (χ0n) is 11.0. The molecule has 0 saturated carbocycles. The van der Waals surface area contributed by atoms with E-state index in [2.05, 4.69) is 53.4 Å². The predicted molar refractivity (Wildman–Crippen MR) is 74.8 cm³/mol. The van der Waals surface area contributed by atoms with Crippen LogP contribution < -0.4 is 5.32 Å². The largest absolute Gasteiger partial charge is 0.370 e. The van der Waals surface area contributed by atoms with E-state index in [9.17, 15) is 0 Å². The summed E-state index contributed by atoms with van der Waals surface area (Å²) in [6.45, 7) is 5.18. The van der Waals surface area contributed by atoms with Gasteiger partial charge in [0.15, 0.2) is 0 Å². The van der Waals surface area contributed by atoms with Crippen LogP contribution in [0.2, 0.25) is 0 Å². The molecule has 0 atom stereocenters. The number of anilines is 1. The fourth-order valence-corrected chi connectivity index (χ4v) is 1.72. The van der Waals surface area contributed by atoms with Crippen molar-refractivity contribution < 1.29 is 0 Å². The van der Waals surface area contributed by atoms with Crippen molar-refractivity contribution in [2.75, 3.05) is 11.9 Å². The third-order valence-electron chi connectivity index (χ3n) is 2.74. The van der Waals surface area contributed by atoms with Gasteiger partial charge in [0, 0.05) is 19.2 Å². The van der Waals surface area contributed by atoms with Crippen molar-refractivity contribution >= 4 is 5.82 Å². The number of hydrogen-bond acceptors (Lipinski definition) is 3. The van der Waals surface area contributed by atoms with Crippen LogP contribution in [0.15, 0.2) is 36.5 Å². The first-order chi connectivity index (χ1) is 8.78. The fourth-order valence-electron chi connectivity index (χ4n) is 1.72. The summed E-state index contributed by atoms with van der Waals surface area (Å²) in [6, 6.07) is 10.4. The van der Waals surface area contributed by atoms with Gasteiger partial charge in [-0.15, -0.1) is 0 Å². The second-order valence-electron chi connectivity index (χ2n) is 4.45. The second-order valence-corrected chi connectivity index (χ2v) is 4.45. The molecule has 0 radical (unpaired) electrons. The Morgan fingerprint density at radius 2 is 1.89 bits per heavy atom. The molecule has 3 heteroatoms. The third kappa shape index (κ3) is 3.55. The number of benzene rings is 1. The molecule has 0 fully saturated rings. The summed E-state index contributed by atoms with van der Waals surface area (Å²) >= 11 is 0. The van der Waals surface area contributed by atoms with E-state index in [1.807, 2.05) is 12.3 Å². The zero-order valence-corrected chi connectivity index (χ0v) is 11.0. The van der Waals surface area contributed by atoms with Crippen LogP contribution in [0, 0.1) is 6.92 Å². The molecule has 2 rings (SSSR count). The number of nitrogens with zero attached hydrogens (tertiary/aromatic N) is 2. The molecular weight excluding hydrogens is 222 g/mol. The van der Waals surface area contributed by atoms with Gasteiger partial charge in [-0.2, -0.15) is 0 Å². The van der Waals surface area contributed by atoms with Gasteiger partial charge in [-0.25, -0.2) is 9.97 Å². The van der Waals surface area contributed by atoms with Crippen molar-refractivity contribution in [1.82, 2.24) is 9.97 Å². The first-order valence-corrected chi connectivity index (χ1v) is 6.39. The van der Waals surface area contributed by atoms with E-state index in [1.165, 1.54) is 11.1 Å². The van der Waals surface area contributed by atoms with Crippen molar-refractivity contribution in [1.29, 1.82) is 0 Å². The topological polar surface area (TPSA) is 37.8 Å². The maximum Gasteiger partial charge on any atom is 0.135 e. The molecule has 0 saturated heterocycles. The monoisotopic (exact) mass is 241 g/mol. The lowest BCUT2D eigenvalue weighted by molar-refractivity contribution is 0.931. The lowest BCUT2D eigenvalue weighted by Crippen LogP contribution is -2.05. The van der Waals surface area contributed by atoms with E-state index in [4.69, 9.17) is 0 Å². The van der Waals surface area contributed by atoms with Crippen LogP contribution in [0.25, 0.3) is 0 Å². The molecule has 2 aromatic rings. The molecule has 0 aliphatic heterocycles. The quantitative estimate of drug-likeness (QED) is 0.873. The molecule has 0 aliphatic carbocycles. The Morgan fingerprint density at radius 1 is 1.11 bits per heavy atom. The third-order valence-corrected chi connectivity index (χ3v) is 2.74. The normalized spacial score (nSPS) is 10.3. The molecule has 1 heterocycles. The van der Waals surface area contributed by atoms with Gasteiger partial charge >= 0.3 is 0 Å². The highest BCUT2D eigenvalue weighted by Crippen LogP contribution is 2.09. The van der Waals surface area contributed by atoms with Gasteiger partial charge < -0.3 is 5.32 Å². The van der Waals surface area contributed by atoms with E-state index in [0.717, 1.165) is 31.0 Å². The van der Waals surface area contributed by atoms with Crippen LogP contribution in [0.4, 0.5) is 5.82 Å². The molecule has 1 N–H and O–H groups in total. The second kappa shape index (κ2) is 6.15. The van der Waals surface area contributed by atoms with Crippen LogP contribution in [-0.4, -0.2) is 16.5 Å². The van der Waals surface area contributed by atoms with Crippen LogP contribution in [0.3, 0.4) is 0 Å². The first kappa shape index (κ1) is 12.6. The molecule has 0 aliphatic rings. The van der Waals surface area contributed by atoms with Gasteiger partial charge in [-0.1, -0.05) is 36.8 Å². The standard InChI is InChI=1S/C15H19N3/c1-3-9-16-14-8-10-17-15(18-14)11-13-6-4-12(2)5-7-13/h4-8,10H,3,9,11H2,1-2H3,(H,16,17,18). The van der Waals surface area contributed by atoms with Gasteiger partial charge in [-0.05, 0) is 25.0 Å². The Bertz CT molecular complexity index is 491. The number of nitrogens with one attached hydrogen (secondary N) is 1. The minimum Gasteiger partial charge on any atom is -0.370 e. The summed E-state index contributed by atoms with van der Waals surface area (Å²) in [5, 5.41) is 3.28. The highest BCUT2D eigenvalue weighted by atomic mass is 15.0. The highest BCUT2D eigenvalue weighted by molar-refractivity contribution is 5.33. The Balaban J connectivity index is 2.06. The summed E-state index contributed by atoms with van der Waals surface area (Å²) in [5.41, 5.74) is 2.52. The van der Waals surface area contributed by atoms with E-state index in [-0.39, 0.29) is 0 Å². The molecule has 0 unspecified atom stereocenters. The lowest BCUT2D eigenvalue weighted by atomic mass is 10.1. The van der Waals surface area contributed by atoms with E-state index < -0.39 is 0 Å². The van der Waals surface area contributed by atoms with Crippen molar-refractivity contribution in [3.05, 3.63) is 53.5 Å². The first-order valence-electron chi connectivity index (χ1n) is 6.39. The Morgan fingerprint density at radius 3 is 2.61 bits per heavy atom.